The van der Waals surface area contributed by atoms with Crippen molar-refractivity contribution in [3.8, 4) is 11.3 Å². The van der Waals surface area contributed by atoms with Crippen molar-refractivity contribution in [3.63, 3.8) is 0 Å². The van der Waals surface area contributed by atoms with E-state index >= 15 is 0 Å². The number of hydrogen-bond acceptors (Lipinski definition) is 4. The number of aromatic nitrogens is 5. The smallest absolute Gasteiger partial charge is 0.274 e. The predicted molar refractivity (Wildman–Crippen MR) is 106 cm³/mol. The maximum atomic E-state index is 13.0. The first-order valence-electron chi connectivity index (χ1n) is 9.04. The van der Waals surface area contributed by atoms with Gasteiger partial charge in [0.05, 0.1) is 18.3 Å². The number of aryl methyl sites for hydroxylation is 2. The second-order valence-electron chi connectivity index (χ2n) is 6.88. The van der Waals surface area contributed by atoms with Gasteiger partial charge < -0.3 is 4.57 Å². The molecular formula is C21H21N5O. The summed E-state index contributed by atoms with van der Waals surface area (Å²) in [6.07, 6.45) is 8.87. The fourth-order valence-electron chi connectivity index (χ4n) is 3.16. The number of pyridine rings is 1. The average molecular weight is 359 g/mol. The molecule has 4 aromatic rings. The molecule has 27 heavy (non-hydrogen) atoms. The molecule has 0 aliphatic rings. The van der Waals surface area contributed by atoms with Crippen LogP contribution in [0.15, 0.2) is 66.2 Å². The number of benzene rings is 1. The molecule has 0 atom stereocenters. The lowest BCUT2D eigenvalue weighted by Gasteiger charge is -2.13. The van der Waals surface area contributed by atoms with E-state index in [4.69, 9.17) is 5.10 Å². The van der Waals surface area contributed by atoms with E-state index < -0.39 is 0 Å². The Hall–Kier alpha value is -3.28. The van der Waals surface area contributed by atoms with Gasteiger partial charge in [0, 0.05) is 42.3 Å². The molecule has 136 valence electrons. The van der Waals surface area contributed by atoms with Gasteiger partial charge in [-0.25, -0.2) is 9.67 Å². The number of imidazole rings is 1. The van der Waals surface area contributed by atoms with Crippen LogP contribution in [0.5, 0.6) is 0 Å². The Morgan fingerprint density at radius 3 is 2.63 bits per heavy atom. The van der Waals surface area contributed by atoms with Crippen LogP contribution >= 0.6 is 0 Å². The van der Waals surface area contributed by atoms with E-state index in [0.29, 0.717) is 24.4 Å². The maximum Gasteiger partial charge on any atom is 0.274 e. The van der Waals surface area contributed by atoms with Crippen molar-refractivity contribution in [2.24, 2.45) is 0 Å². The summed E-state index contributed by atoms with van der Waals surface area (Å²) in [6.45, 7) is 5.40. The Balaban J connectivity index is 1.89. The van der Waals surface area contributed by atoms with Gasteiger partial charge in [0.2, 0.25) is 0 Å². The highest BCUT2D eigenvalue weighted by molar-refractivity contribution is 5.94. The third kappa shape index (κ3) is 3.38. The van der Waals surface area contributed by atoms with Crippen molar-refractivity contribution in [2.75, 3.05) is 0 Å². The van der Waals surface area contributed by atoms with Crippen LogP contribution in [0.2, 0.25) is 0 Å². The zero-order chi connectivity index (χ0) is 18.8. The number of nitrogens with zero attached hydrogens (tertiary/aromatic N) is 5. The average Bonchev–Trinajstić information content (AvgIpc) is 3.21. The lowest BCUT2D eigenvalue weighted by molar-refractivity contribution is 0.516. The molecule has 0 saturated carbocycles. The van der Waals surface area contributed by atoms with E-state index in [1.54, 1.807) is 29.6 Å². The highest BCUT2D eigenvalue weighted by atomic mass is 16.1. The van der Waals surface area contributed by atoms with E-state index in [-0.39, 0.29) is 5.56 Å². The maximum absolute atomic E-state index is 13.0. The molecule has 0 fully saturated rings. The van der Waals surface area contributed by atoms with Crippen molar-refractivity contribution in [1.82, 2.24) is 24.3 Å². The normalized spacial score (nSPS) is 11.4. The summed E-state index contributed by atoms with van der Waals surface area (Å²) in [5, 5.41) is 6.25. The molecule has 3 aromatic heterocycles. The van der Waals surface area contributed by atoms with Crippen LogP contribution in [0.1, 0.15) is 25.3 Å². The molecule has 6 heteroatoms. The summed E-state index contributed by atoms with van der Waals surface area (Å²) >= 11 is 0. The van der Waals surface area contributed by atoms with Crippen LogP contribution in [0.4, 0.5) is 0 Å². The fourth-order valence-corrected chi connectivity index (χ4v) is 3.16. The van der Waals surface area contributed by atoms with Crippen molar-refractivity contribution in [2.45, 2.75) is 32.9 Å². The predicted octanol–water partition coefficient (Wildman–Crippen LogP) is 3.48. The summed E-state index contributed by atoms with van der Waals surface area (Å²) in [6, 6.07) is 9.89. The Kier molecular flexibility index (Phi) is 4.54. The number of rotatable bonds is 5. The molecule has 4 rings (SSSR count). The summed E-state index contributed by atoms with van der Waals surface area (Å²) < 4.78 is 3.48. The quantitative estimate of drug-likeness (QED) is 0.547. The number of fused-ring (bicyclic) bond motifs is 1. The van der Waals surface area contributed by atoms with Crippen LogP contribution < -0.4 is 5.56 Å². The standard InChI is InChI=1S/C21H21N5O/c1-15(2)16-5-6-18-19(12-16)20(17-4-3-7-22-13-17)24-26(21(18)27)11-10-25-9-8-23-14-25/h3-9,12-15H,10-11H2,1-2H3. The summed E-state index contributed by atoms with van der Waals surface area (Å²) in [5.74, 6) is 0.375. The molecule has 1 aromatic carbocycles. The van der Waals surface area contributed by atoms with Crippen LogP contribution in [-0.4, -0.2) is 24.3 Å². The van der Waals surface area contributed by atoms with Crippen LogP contribution in [0.25, 0.3) is 22.0 Å². The zero-order valence-corrected chi connectivity index (χ0v) is 15.4. The van der Waals surface area contributed by atoms with Gasteiger partial charge in [-0.05, 0) is 35.7 Å². The van der Waals surface area contributed by atoms with E-state index in [2.05, 4.69) is 29.9 Å². The highest BCUT2D eigenvalue weighted by Gasteiger charge is 2.14. The van der Waals surface area contributed by atoms with Gasteiger partial charge in [-0.15, -0.1) is 0 Å². The minimum Gasteiger partial charge on any atom is -0.336 e. The van der Waals surface area contributed by atoms with Crippen LogP contribution in [-0.2, 0) is 13.1 Å². The molecule has 0 bridgehead atoms. The molecule has 0 aliphatic heterocycles. The first-order chi connectivity index (χ1) is 13.1. The Bertz CT molecular complexity index is 1110. The first kappa shape index (κ1) is 17.1. The minimum atomic E-state index is -0.0759. The first-order valence-corrected chi connectivity index (χ1v) is 9.04. The summed E-state index contributed by atoms with van der Waals surface area (Å²) in [7, 11) is 0. The van der Waals surface area contributed by atoms with Gasteiger partial charge in [-0.2, -0.15) is 5.10 Å². The molecule has 0 N–H and O–H groups in total. The Morgan fingerprint density at radius 1 is 1.04 bits per heavy atom. The largest absolute Gasteiger partial charge is 0.336 e. The molecule has 0 spiro atoms. The molecule has 0 aliphatic carbocycles. The lowest BCUT2D eigenvalue weighted by atomic mass is 9.98. The van der Waals surface area contributed by atoms with Gasteiger partial charge in [-0.1, -0.05) is 19.9 Å². The summed E-state index contributed by atoms with van der Waals surface area (Å²) in [5.41, 5.74) is 2.80. The monoisotopic (exact) mass is 359 g/mol. The zero-order valence-electron chi connectivity index (χ0n) is 15.4. The lowest BCUT2D eigenvalue weighted by Crippen LogP contribution is -2.25. The van der Waals surface area contributed by atoms with E-state index in [1.165, 1.54) is 5.56 Å². The molecule has 0 amide bonds. The molecule has 6 nitrogen and oxygen atoms in total. The van der Waals surface area contributed by atoms with Gasteiger partial charge in [0.1, 0.15) is 5.69 Å². The van der Waals surface area contributed by atoms with Crippen molar-refractivity contribution < 1.29 is 0 Å². The molecule has 0 unspecified atom stereocenters. The Morgan fingerprint density at radius 2 is 1.93 bits per heavy atom. The Labute approximate surface area is 157 Å². The highest BCUT2D eigenvalue weighted by Crippen LogP contribution is 2.27. The van der Waals surface area contributed by atoms with Gasteiger partial charge in [0.25, 0.3) is 5.56 Å². The second-order valence-corrected chi connectivity index (χ2v) is 6.88. The van der Waals surface area contributed by atoms with Crippen LogP contribution in [0, 0.1) is 0 Å². The van der Waals surface area contributed by atoms with Gasteiger partial charge in [-0.3, -0.25) is 9.78 Å². The summed E-state index contributed by atoms with van der Waals surface area (Å²) in [4.78, 5) is 21.3. The third-order valence-electron chi connectivity index (χ3n) is 4.72. The van der Waals surface area contributed by atoms with Gasteiger partial charge in [0.15, 0.2) is 0 Å². The second kappa shape index (κ2) is 7.15. The molecular weight excluding hydrogens is 338 g/mol. The topological polar surface area (TPSA) is 65.6 Å². The minimum absolute atomic E-state index is 0.0759. The van der Waals surface area contributed by atoms with Crippen molar-refractivity contribution in [3.05, 3.63) is 77.4 Å². The molecule has 0 saturated heterocycles. The number of hydrogen-bond donors (Lipinski definition) is 0. The van der Waals surface area contributed by atoms with E-state index in [1.807, 2.05) is 35.0 Å². The van der Waals surface area contributed by atoms with E-state index in [0.717, 1.165) is 16.6 Å². The molecule has 3 heterocycles. The van der Waals surface area contributed by atoms with E-state index in [9.17, 15) is 4.79 Å². The fraction of sp³-hybridized carbons (Fsp3) is 0.238. The SMILES string of the molecule is CC(C)c1ccc2c(=O)n(CCn3ccnc3)nc(-c3cccnc3)c2c1. The molecule has 0 radical (unpaired) electrons. The van der Waals surface area contributed by atoms with Crippen molar-refractivity contribution >= 4 is 10.8 Å². The third-order valence-corrected chi connectivity index (χ3v) is 4.72. The van der Waals surface area contributed by atoms with Gasteiger partial charge >= 0.3 is 0 Å². The van der Waals surface area contributed by atoms with Crippen LogP contribution in [0.3, 0.4) is 0 Å². The van der Waals surface area contributed by atoms with Crippen molar-refractivity contribution in [1.29, 1.82) is 0 Å².